The predicted octanol–water partition coefficient (Wildman–Crippen LogP) is 5.01. The van der Waals surface area contributed by atoms with Gasteiger partial charge < -0.3 is 14.0 Å². The number of benzene rings is 3. The second-order valence-corrected chi connectivity index (χ2v) is 6.98. The summed E-state index contributed by atoms with van der Waals surface area (Å²) in [5.74, 6) is 0.922. The van der Waals surface area contributed by atoms with E-state index in [1.165, 1.54) is 0 Å². The highest BCUT2D eigenvalue weighted by Crippen LogP contribution is 2.28. The van der Waals surface area contributed by atoms with Crippen LogP contribution in [0.2, 0.25) is 0 Å². The van der Waals surface area contributed by atoms with Crippen molar-refractivity contribution in [3.63, 3.8) is 0 Å². The van der Waals surface area contributed by atoms with Gasteiger partial charge in [-0.3, -0.25) is 4.79 Å². The van der Waals surface area contributed by atoms with Crippen molar-refractivity contribution in [3.05, 3.63) is 102 Å². The van der Waals surface area contributed by atoms with Crippen molar-refractivity contribution in [1.82, 2.24) is 10.1 Å². The summed E-state index contributed by atoms with van der Waals surface area (Å²) < 4.78 is 15.9. The van der Waals surface area contributed by atoms with Crippen LogP contribution in [-0.2, 0) is 16.1 Å². The summed E-state index contributed by atoms with van der Waals surface area (Å²) in [4.78, 5) is 16.9. The number of esters is 1. The highest BCUT2D eigenvalue weighted by molar-refractivity contribution is 5.71. The lowest BCUT2D eigenvalue weighted by atomic mass is 9.89. The quantitative estimate of drug-likeness (QED) is 0.377. The van der Waals surface area contributed by atoms with E-state index >= 15 is 0 Å². The fourth-order valence-corrected chi connectivity index (χ4v) is 3.36. The van der Waals surface area contributed by atoms with Gasteiger partial charge in [-0.2, -0.15) is 4.98 Å². The molecule has 4 aromatic rings. The van der Waals surface area contributed by atoms with Crippen molar-refractivity contribution >= 4 is 5.97 Å². The fourth-order valence-electron chi connectivity index (χ4n) is 3.36. The van der Waals surface area contributed by atoms with Crippen molar-refractivity contribution in [2.45, 2.75) is 18.9 Å². The van der Waals surface area contributed by atoms with Gasteiger partial charge in [-0.25, -0.2) is 0 Å². The molecule has 4 rings (SSSR count). The van der Waals surface area contributed by atoms with E-state index in [2.05, 4.69) is 10.1 Å². The lowest BCUT2D eigenvalue weighted by Crippen LogP contribution is -2.12. The number of nitrogens with zero attached hydrogens (tertiary/aromatic N) is 2. The highest BCUT2D eigenvalue weighted by atomic mass is 16.6. The van der Waals surface area contributed by atoms with Gasteiger partial charge in [0.15, 0.2) is 6.61 Å². The molecule has 0 aliphatic heterocycles. The molecule has 0 aliphatic rings. The zero-order chi connectivity index (χ0) is 21.5. The summed E-state index contributed by atoms with van der Waals surface area (Å²) >= 11 is 0. The van der Waals surface area contributed by atoms with Gasteiger partial charge in [-0.05, 0) is 23.3 Å². The van der Waals surface area contributed by atoms with E-state index < -0.39 is 0 Å². The molecule has 156 valence electrons. The third-order valence-electron chi connectivity index (χ3n) is 4.93. The maximum atomic E-state index is 12.6. The smallest absolute Gasteiger partial charge is 0.307 e. The van der Waals surface area contributed by atoms with Crippen LogP contribution in [0.25, 0.3) is 11.4 Å². The monoisotopic (exact) mass is 414 g/mol. The highest BCUT2D eigenvalue weighted by Gasteiger charge is 2.20. The molecular formula is C25H22N2O4. The first kappa shape index (κ1) is 20.3. The molecule has 31 heavy (non-hydrogen) atoms. The fraction of sp³-hybridized carbons (Fsp3) is 0.160. The minimum absolute atomic E-state index is 0.0773. The van der Waals surface area contributed by atoms with E-state index in [1.54, 1.807) is 7.11 Å². The Balaban J connectivity index is 1.42. The largest absolute Gasteiger partial charge is 0.497 e. The molecule has 0 atom stereocenters. The Morgan fingerprint density at radius 2 is 1.61 bits per heavy atom. The van der Waals surface area contributed by atoms with E-state index in [4.69, 9.17) is 14.0 Å². The molecule has 0 fully saturated rings. The van der Waals surface area contributed by atoms with E-state index in [1.807, 2.05) is 84.9 Å². The van der Waals surface area contributed by atoms with Crippen LogP contribution in [0.5, 0.6) is 5.75 Å². The van der Waals surface area contributed by atoms with Gasteiger partial charge in [-0.1, -0.05) is 78.0 Å². The molecule has 0 amide bonds. The molecule has 3 aromatic carbocycles. The van der Waals surface area contributed by atoms with Crippen LogP contribution >= 0.6 is 0 Å². The topological polar surface area (TPSA) is 74.5 Å². The van der Waals surface area contributed by atoms with Crippen molar-refractivity contribution in [2.75, 3.05) is 7.11 Å². The molecular weight excluding hydrogens is 392 g/mol. The van der Waals surface area contributed by atoms with Crippen molar-refractivity contribution < 1.29 is 18.8 Å². The van der Waals surface area contributed by atoms with Crippen LogP contribution in [0.15, 0.2) is 89.5 Å². The Morgan fingerprint density at radius 3 is 2.26 bits per heavy atom. The van der Waals surface area contributed by atoms with Gasteiger partial charge in [0.25, 0.3) is 5.89 Å². The van der Waals surface area contributed by atoms with Gasteiger partial charge in [0.05, 0.1) is 13.5 Å². The number of carbonyl (C=O) groups excluding carboxylic acids is 1. The number of hydrogen-bond acceptors (Lipinski definition) is 6. The summed E-state index contributed by atoms with van der Waals surface area (Å²) in [6.45, 7) is -0.0773. The van der Waals surface area contributed by atoms with Crippen LogP contribution in [0.1, 0.15) is 29.4 Å². The Kier molecular flexibility index (Phi) is 6.38. The first-order valence-corrected chi connectivity index (χ1v) is 9.95. The van der Waals surface area contributed by atoms with Gasteiger partial charge in [0.2, 0.25) is 5.82 Å². The van der Waals surface area contributed by atoms with Crippen molar-refractivity contribution in [2.24, 2.45) is 0 Å². The average Bonchev–Trinajstić information content (AvgIpc) is 3.31. The van der Waals surface area contributed by atoms with Crippen LogP contribution in [0.3, 0.4) is 0 Å². The zero-order valence-corrected chi connectivity index (χ0v) is 17.1. The second-order valence-electron chi connectivity index (χ2n) is 6.98. The molecule has 0 saturated heterocycles. The maximum absolute atomic E-state index is 12.6. The molecule has 0 bridgehead atoms. The van der Waals surface area contributed by atoms with E-state index in [0.717, 1.165) is 16.7 Å². The first-order chi connectivity index (χ1) is 15.2. The van der Waals surface area contributed by atoms with E-state index in [9.17, 15) is 4.79 Å². The predicted molar refractivity (Wildman–Crippen MR) is 115 cm³/mol. The number of hydrogen-bond donors (Lipinski definition) is 0. The van der Waals surface area contributed by atoms with Crippen molar-refractivity contribution in [3.8, 4) is 17.1 Å². The summed E-state index contributed by atoms with van der Waals surface area (Å²) in [6.07, 6.45) is 0.213. The number of carbonyl (C=O) groups is 1. The van der Waals surface area contributed by atoms with E-state index in [0.29, 0.717) is 11.6 Å². The summed E-state index contributed by atoms with van der Waals surface area (Å²) in [6, 6.07) is 27.2. The van der Waals surface area contributed by atoms with Gasteiger partial charge in [0, 0.05) is 11.5 Å². The van der Waals surface area contributed by atoms with Gasteiger partial charge in [0.1, 0.15) is 5.75 Å². The Bertz CT molecular complexity index is 1090. The Morgan fingerprint density at radius 1 is 0.935 bits per heavy atom. The molecule has 0 saturated carbocycles. The van der Waals surface area contributed by atoms with Gasteiger partial charge >= 0.3 is 5.97 Å². The van der Waals surface area contributed by atoms with Gasteiger partial charge in [-0.15, -0.1) is 0 Å². The lowest BCUT2D eigenvalue weighted by Gasteiger charge is -2.17. The third-order valence-corrected chi connectivity index (χ3v) is 4.93. The number of rotatable bonds is 8. The zero-order valence-electron chi connectivity index (χ0n) is 17.1. The number of ether oxygens (including phenoxy) is 2. The molecule has 0 unspecified atom stereocenters. The second kappa shape index (κ2) is 9.71. The first-order valence-electron chi connectivity index (χ1n) is 9.95. The molecule has 1 aromatic heterocycles. The maximum Gasteiger partial charge on any atom is 0.307 e. The molecule has 0 aliphatic carbocycles. The van der Waals surface area contributed by atoms with Crippen LogP contribution in [0, 0.1) is 0 Å². The van der Waals surface area contributed by atoms with Crippen LogP contribution in [0.4, 0.5) is 0 Å². The SMILES string of the molecule is COc1cccc(-c2noc(COC(=O)CC(c3ccccc3)c3ccccc3)n2)c1. The summed E-state index contributed by atoms with van der Waals surface area (Å²) in [5, 5.41) is 3.96. The molecule has 0 radical (unpaired) electrons. The minimum atomic E-state index is -0.334. The van der Waals surface area contributed by atoms with Crippen molar-refractivity contribution in [1.29, 1.82) is 0 Å². The normalized spacial score (nSPS) is 10.8. The minimum Gasteiger partial charge on any atom is -0.497 e. The number of methoxy groups -OCH3 is 1. The Labute approximate surface area is 180 Å². The average molecular weight is 414 g/mol. The standard InChI is InChI=1S/C25H22N2O4/c1-29-21-14-8-13-20(15-21)25-26-23(31-27-25)17-30-24(28)16-22(18-9-4-2-5-10-18)19-11-6-3-7-12-19/h2-15,22H,16-17H2,1H3. The molecule has 6 nitrogen and oxygen atoms in total. The van der Waals surface area contributed by atoms with E-state index in [-0.39, 0.29) is 30.8 Å². The summed E-state index contributed by atoms with van der Waals surface area (Å²) in [7, 11) is 1.60. The summed E-state index contributed by atoms with van der Waals surface area (Å²) in [5.41, 5.74) is 2.88. The molecule has 6 heteroatoms. The Hall–Kier alpha value is -3.93. The molecule has 0 spiro atoms. The van der Waals surface area contributed by atoms with Crippen LogP contribution < -0.4 is 4.74 Å². The third kappa shape index (κ3) is 5.17. The lowest BCUT2D eigenvalue weighted by molar-refractivity contribution is -0.146. The van der Waals surface area contributed by atoms with Crippen LogP contribution in [-0.4, -0.2) is 23.2 Å². The number of aromatic nitrogens is 2. The molecule has 1 heterocycles. The molecule has 0 N–H and O–H groups in total.